The molecule has 0 fully saturated rings. The summed E-state index contributed by atoms with van der Waals surface area (Å²) in [7, 11) is 0. The molecule has 0 aliphatic carbocycles. The lowest BCUT2D eigenvalue weighted by atomic mass is 10.1. The van der Waals surface area contributed by atoms with Crippen molar-refractivity contribution in [3.63, 3.8) is 0 Å². The third-order valence-corrected chi connectivity index (χ3v) is 4.02. The van der Waals surface area contributed by atoms with Crippen molar-refractivity contribution >= 4 is 11.7 Å². The van der Waals surface area contributed by atoms with Crippen molar-refractivity contribution in [1.82, 2.24) is 15.3 Å². The molecule has 2 N–H and O–H groups in total. The van der Waals surface area contributed by atoms with Crippen molar-refractivity contribution in [2.24, 2.45) is 0 Å². The Morgan fingerprint density at radius 2 is 1.81 bits per heavy atom. The number of benzene rings is 2. The molecule has 1 heterocycles. The fourth-order valence-electron chi connectivity index (χ4n) is 2.70. The quantitative estimate of drug-likeness (QED) is 0.699. The van der Waals surface area contributed by atoms with Crippen molar-refractivity contribution in [2.45, 2.75) is 26.9 Å². The Morgan fingerprint density at radius 1 is 1.00 bits per heavy atom. The Bertz CT molecular complexity index is 958. The molecule has 2 aromatic carbocycles. The van der Waals surface area contributed by atoms with Crippen LogP contribution in [-0.2, 0) is 13.1 Å². The third-order valence-electron chi connectivity index (χ3n) is 4.02. The number of nitrogens with zero attached hydrogens (tertiary/aromatic N) is 2. The monoisotopic (exact) mass is 364 g/mol. The number of rotatable bonds is 6. The highest BCUT2D eigenvalue weighted by molar-refractivity contribution is 5.92. The van der Waals surface area contributed by atoms with E-state index in [4.69, 9.17) is 0 Å². The van der Waals surface area contributed by atoms with Gasteiger partial charge in [-0.25, -0.2) is 14.4 Å². The average Bonchev–Trinajstić information content (AvgIpc) is 2.65. The van der Waals surface area contributed by atoms with E-state index in [-0.39, 0.29) is 24.0 Å². The van der Waals surface area contributed by atoms with Crippen LogP contribution >= 0.6 is 0 Å². The number of anilines is 1. The maximum Gasteiger partial charge on any atom is 0.270 e. The van der Waals surface area contributed by atoms with Gasteiger partial charge >= 0.3 is 0 Å². The number of aromatic nitrogens is 2. The van der Waals surface area contributed by atoms with E-state index >= 15 is 0 Å². The summed E-state index contributed by atoms with van der Waals surface area (Å²) in [5.74, 6) is 0.378. The molecule has 3 rings (SSSR count). The van der Waals surface area contributed by atoms with Gasteiger partial charge < -0.3 is 10.6 Å². The van der Waals surface area contributed by atoms with Gasteiger partial charge in [0.1, 0.15) is 23.2 Å². The highest BCUT2D eigenvalue weighted by Gasteiger charge is 2.11. The van der Waals surface area contributed by atoms with Crippen LogP contribution in [0.15, 0.2) is 54.6 Å². The van der Waals surface area contributed by atoms with Crippen molar-refractivity contribution in [2.75, 3.05) is 5.32 Å². The SMILES string of the molecule is Cc1cccc(CNC(=O)c2cc(NCc3ccccc3F)nc(C)n2)c1. The van der Waals surface area contributed by atoms with Gasteiger partial charge in [0.25, 0.3) is 5.91 Å². The van der Waals surface area contributed by atoms with Crippen molar-refractivity contribution in [3.8, 4) is 0 Å². The van der Waals surface area contributed by atoms with E-state index in [9.17, 15) is 9.18 Å². The molecule has 0 saturated carbocycles. The predicted octanol–water partition coefficient (Wildman–Crippen LogP) is 3.77. The molecule has 1 aromatic heterocycles. The van der Waals surface area contributed by atoms with Crippen LogP contribution in [-0.4, -0.2) is 15.9 Å². The Hall–Kier alpha value is -3.28. The average molecular weight is 364 g/mol. The van der Waals surface area contributed by atoms with Crippen molar-refractivity contribution < 1.29 is 9.18 Å². The van der Waals surface area contributed by atoms with E-state index in [2.05, 4.69) is 20.6 Å². The maximum absolute atomic E-state index is 13.7. The molecule has 138 valence electrons. The van der Waals surface area contributed by atoms with E-state index in [0.29, 0.717) is 23.8 Å². The van der Waals surface area contributed by atoms with Crippen LogP contribution in [0.1, 0.15) is 33.0 Å². The number of hydrogen-bond donors (Lipinski definition) is 2. The first-order valence-corrected chi connectivity index (χ1v) is 8.68. The summed E-state index contributed by atoms with van der Waals surface area (Å²) in [5, 5.41) is 5.91. The molecule has 0 atom stereocenters. The van der Waals surface area contributed by atoms with E-state index in [1.807, 2.05) is 31.2 Å². The smallest absolute Gasteiger partial charge is 0.270 e. The topological polar surface area (TPSA) is 66.9 Å². The number of carbonyl (C=O) groups excluding carboxylic acids is 1. The molecule has 0 bridgehead atoms. The number of aryl methyl sites for hydroxylation is 2. The minimum atomic E-state index is -0.285. The minimum Gasteiger partial charge on any atom is -0.366 e. The molecular weight excluding hydrogens is 343 g/mol. The lowest BCUT2D eigenvalue weighted by molar-refractivity contribution is 0.0945. The molecule has 5 nitrogen and oxygen atoms in total. The summed E-state index contributed by atoms with van der Waals surface area (Å²) in [6, 6.07) is 16.0. The molecule has 0 spiro atoms. The predicted molar refractivity (Wildman–Crippen MR) is 103 cm³/mol. The van der Waals surface area contributed by atoms with Crippen LogP contribution in [0, 0.1) is 19.7 Å². The first-order valence-electron chi connectivity index (χ1n) is 8.68. The normalized spacial score (nSPS) is 10.5. The van der Waals surface area contributed by atoms with E-state index in [1.165, 1.54) is 6.07 Å². The Kier molecular flexibility index (Phi) is 5.76. The fraction of sp³-hybridized carbons (Fsp3) is 0.190. The lowest BCUT2D eigenvalue weighted by Crippen LogP contribution is -2.24. The summed E-state index contributed by atoms with van der Waals surface area (Å²) in [4.78, 5) is 20.9. The zero-order chi connectivity index (χ0) is 19.2. The van der Waals surface area contributed by atoms with Crippen LogP contribution in [0.3, 0.4) is 0 Å². The van der Waals surface area contributed by atoms with Crippen LogP contribution in [0.5, 0.6) is 0 Å². The number of halogens is 1. The van der Waals surface area contributed by atoms with Crippen molar-refractivity contribution in [3.05, 3.63) is 88.6 Å². The molecule has 6 heteroatoms. The van der Waals surface area contributed by atoms with E-state index in [1.54, 1.807) is 31.2 Å². The number of nitrogens with one attached hydrogen (secondary N) is 2. The highest BCUT2D eigenvalue weighted by atomic mass is 19.1. The van der Waals surface area contributed by atoms with Crippen molar-refractivity contribution in [1.29, 1.82) is 0 Å². The van der Waals surface area contributed by atoms with Gasteiger partial charge in [0.2, 0.25) is 0 Å². The zero-order valence-corrected chi connectivity index (χ0v) is 15.3. The first-order chi connectivity index (χ1) is 13.0. The van der Waals surface area contributed by atoms with E-state index < -0.39 is 0 Å². The number of amides is 1. The number of hydrogen-bond acceptors (Lipinski definition) is 4. The second kappa shape index (κ2) is 8.40. The molecule has 0 aliphatic heterocycles. The third kappa shape index (κ3) is 5.10. The Balaban J connectivity index is 1.67. The molecule has 27 heavy (non-hydrogen) atoms. The summed E-state index contributed by atoms with van der Waals surface area (Å²) in [6.07, 6.45) is 0. The molecule has 1 amide bonds. The van der Waals surface area contributed by atoms with Crippen LogP contribution in [0.25, 0.3) is 0 Å². The lowest BCUT2D eigenvalue weighted by Gasteiger charge is -2.10. The van der Waals surface area contributed by atoms with E-state index in [0.717, 1.165) is 11.1 Å². The second-order valence-corrected chi connectivity index (χ2v) is 6.30. The zero-order valence-electron chi connectivity index (χ0n) is 15.3. The summed E-state index contributed by atoms with van der Waals surface area (Å²) in [5.41, 5.74) is 2.96. The first kappa shape index (κ1) is 18.5. The molecule has 3 aromatic rings. The van der Waals surface area contributed by atoms with Gasteiger partial charge in [0, 0.05) is 24.7 Å². The Morgan fingerprint density at radius 3 is 2.59 bits per heavy atom. The molecule has 0 unspecified atom stereocenters. The summed E-state index contributed by atoms with van der Waals surface area (Å²) in [6.45, 7) is 4.41. The van der Waals surface area contributed by atoms with Gasteiger partial charge in [-0.3, -0.25) is 4.79 Å². The fourth-order valence-corrected chi connectivity index (χ4v) is 2.70. The van der Waals surface area contributed by atoms with Crippen LogP contribution < -0.4 is 10.6 Å². The second-order valence-electron chi connectivity index (χ2n) is 6.30. The van der Waals surface area contributed by atoms with Gasteiger partial charge in [-0.05, 0) is 25.5 Å². The molecule has 0 aliphatic rings. The Labute approximate surface area is 157 Å². The summed E-state index contributed by atoms with van der Waals surface area (Å²) >= 11 is 0. The standard InChI is InChI=1S/C21H21FN4O/c1-14-6-5-7-16(10-14)12-24-21(27)19-11-20(26-15(2)25-19)23-13-17-8-3-4-9-18(17)22/h3-11H,12-13H2,1-2H3,(H,24,27)(H,23,25,26). The summed E-state index contributed by atoms with van der Waals surface area (Å²) < 4.78 is 13.7. The largest absolute Gasteiger partial charge is 0.366 e. The van der Waals surface area contributed by atoms with Gasteiger partial charge in [-0.2, -0.15) is 0 Å². The number of carbonyl (C=O) groups is 1. The molecular formula is C21H21FN4O. The van der Waals surface area contributed by atoms with Gasteiger partial charge in [-0.15, -0.1) is 0 Å². The highest BCUT2D eigenvalue weighted by Crippen LogP contribution is 2.12. The van der Waals surface area contributed by atoms with Crippen LogP contribution in [0.2, 0.25) is 0 Å². The van der Waals surface area contributed by atoms with Crippen LogP contribution in [0.4, 0.5) is 10.2 Å². The van der Waals surface area contributed by atoms with Gasteiger partial charge in [0.15, 0.2) is 0 Å². The van der Waals surface area contributed by atoms with Gasteiger partial charge in [-0.1, -0.05) is 48.0 Å². The minimum absolute atomic E-state index is 0.270. The van der Waals surface area contributed by atoms with Gasteiger partial charge in [0.05, 0.1) is 0 Å². The maximum atomic E-state index is 13.7. The molecule has 0 radical (unpaired) electrons. The molecule has 0 saturated heterocycles.